The summed E-state index contributed by atoms with van der Waals surface area (Å²) < 4.78 is 11.5. The number of alkyl carbamates (subject to hydrolysis) is 1. The third-order valence-electron chi connectivity index (χ3n) is 6.14. The van der Waals surface area contributed by atoms with Crippen LogP contribution in [0.5, 0.6) is 0 Å². The summed E-state index contributed by atoms with van der Waals surface area (Å²) in [5.41, 5.74) is 1.19. The highest BCUT2D eigenvalue weighted by Gasteiger charge is 2.47. The number of aliphatic carboxylic acids is 1. The minimum Gasteiger partial charge on any atom is -0.481 e. The van der Waals surface area contributed by atoms with Crippen molar-refractivity contribution in [3.8, 4) is 0 Å². The van der Waals surface area contributed by atoms with E-state index >= 15 is 0 Å². The zero-order valence-electron chi connectivity index (χ0n) is 17.5. The molecule has 0 unspecified atom stereocenters. The lowest BCUT2D eigenvalue weighted by molar-refractivity contribution is -0.137. The van der Waals surface area contributed by atoms with Gasteiger partial charge in [0.05, 0.1) is 18.8 Å². The van der Waals surface area contributed by atoms with Crippen LogP contribution < -0.4 is 5.32 Å². The monoisotopic (exact) mass is 415 g/mol. The van der Waals surface area contributed by atoms with Gasteiger partial charge in [0.15, 0.2) is 0 Å². The van der Waals surface area contributed by atoms with Crippen molar-refractivity contribution >= 4 is 12.1 Å². The second-order valence-electron chi connectivity index (χ2n) is 8.20. The molecule has 1 aromatic rings. The molecule has 2 fully saturated rings. The minimum atomic E-state index is -0.742. The summed E-state index contributed by atoms with van der Waals surface area (Å²) >= 11 is 0. The predicted molar refractivity (Wildman–Crippen MR) is 114 cm³/mol. The van der Waals surface area contributed by atoms with Gasteiger partial charge in [-0.1, -0.05) is 42.5 Å². The Bertz CT molecular complexity index is 705. The minimum absolute atomic E-state index is 0.217. The van der Waals surface area contributed by atoms with Gasteiger partial charge in [-0.25, -0.2) is 4.79 Å². The fraction of sp³-hybridized carbons (Fsp3) is 0.583. The lowest BCUT2D eigenvalue weighted by atomic mass is 9.76. The zero-order chi connectivity index (χ0) is 21.2. The van der Waals surface area contributed by atoms with Crippen LogP contribution in [0.15, 0.2) is 42.5 Å². The Morgan fingerprint density at radius 1 is 1.13 bits per heavy atom. The summed E-state index contributed by atoms with van der Waals surface area (Å²) in [4.78, 5) is 22.5. The van der Waals surface area contributed by atoms with Crippen LogP contribution in [-0.2, 0) is 20.7 Å². The first kappa shape index (κ1) is 22.3. The maximum absolute atomic E-state index is 12.0. The fourth-order valence-electron chi connectivity index (χ4n) is 4.63. The van der Waals surface area contributed by atoms with E-state index in [9.17, 15) is 9.59 Å². The number of ether oxygens (including phenoxy) is 2. The Morgan fingerprint density at radius 3 is 2.67 bits per heavy atom. The summed E-state index contributed by atoms with van der Waals surface area (Å²) in [6.07, 6.45) is 10.9. The number of carboxylic acid groups (broad SMARTS) is 1. The van der Waals surface area contributed by atoms with Crippen molar-refractivity contribution in [1.82, 2.24) is 5.32 Å². The molecular weight excluding hydrogens is 382 g/mol. The van der Waals surface area contributed by atoms with Crippen molar-refractivity contribution < 1.29 is 24.2 Å². The van der Waals surface area contributed by atoms with Gasteiger partial charge in [-0.3, -0.25) is 4.79 Å². The number of benzene rings is 1. The van der Waals surface area contributed by atoms with E-state index in [0.29, 0.717) is 37.5 Å². The van der Waals surface area contributed by atoms with Crippen molar-refractivity contribution in [1.29, 1.82) is 0 Å². The van der Waals surface area contributed by atoms with Gasteiger partial charge in [0.25, 0.3) is 0 Å². The predicted octanol–water partition coefficient (Wildman–Crippen LogP) is 4.34. The van der Waals surface area contributed by atoms with Crippen molar-refractivity contribution in [2.75, 3.05) is 13.2 Å². The van der Waals surface area contributed by atoms with Crippen LogP contribution in [-0.4, -0.2) is 42.5 Å². The molecule has 0 radical (unpaired) electrons. The lowest BCUT2D eigenvalue weighted by Crippen LogP contribution is -2.30. The molecule has 2 aliphatic rings. The number of allylic oxidation sites excluding steroid dienone is 2. The first-order valence-electron chi connectivity index (χ1n) is 11.1. The molecule has 0 saturated carbocycles. The van der Waals surface area contributed by atoms with E-state index in [1.807, 2.05) is 30.3 Å². The Balaban J connectivity index is 1.33. The molecule has 2 saturated heterocycles. The van der Waals surface area contributed by atoms with Crippen molar-refractivity contribution in [3.05, 3.63) is 48.0 Å². The van der Waals surface area contributed by atoms with E-state index in [1.54, 1.807) is 0 Å². The van der Waals surface area contributed by atoms with E-state index in [0.717, 1.165) is 38.5 Å². The Labute approximate surface area is 178 Å². The van der Waals surface area contributed by atoms with Gasteiger partial charge in [0.2, 0.25) is 0 Å². The van der Waals surface area contributed by atoms with Gasteiger partial charge < -0.3 is 19.9 Å². The van der Waals surface area contributed by atoms with Crippen LogP contribution in [0.1, 0.15) is 50.5 Å². The van der Waals surface area contributed by atoms with E-state index < -0.39 is 5.97 Å². The summed E-state index contributed by atoms with van der Waals surface area (Å²) in [7, 11) is 0. The number of hydrogen-bond donors (Lipinski definition) is 2. The average molecular weight is 416 g/mol. The number of carboxylic acids is 1. The molecule has 30 heavy (non-hydrogen) atoms. The summed E-state index contributed by atoms with van der Waals surface area (Å²) in [5.74, 6) is 0.142. The molecule has 6 nitrogen and oxygen atoms in total. The van der Waals surface area contributed by atoms with Crippen LogP contribution in [0.3, 0.4) is 0 Å². The molecule has 6 heteroatoms. The summed E-state index contributed by atoms with van der Waals surface area (Å²) in [6, 6.07) is 10.1. The molecule has 2 bridgehead atoms. The number of carbonyl (C=O) groups excluding carboxylic acids is 1. The molecule has 0 aliphatic carbocycles. The number of amides is 1. The highest BCUT2D eigenvalue weighted by Crippen LogP contribution is 2.46. The largest absolute Gasteiger partial charge is 0.481 e. The molecule has 164 valence electrons. The Morgan fingerprint density at radius 2 is 1.90 bits per heavy atom. The van der Waals surface area contributed by atoms with Crippen LogP contribution in [0.25, 0.3) is 0 Å². The fourth-order valence-corrected chi connectivity index (χ4v) is 4.63. The van der Waals surface area contributed by atoms with Gasteiger partial charge in [-0.2, -0.15) is 0 Å². The third kappa shape index (κ3) is 6.87. The number of rotatable bonds is 12. The standard InChI is InChI=1S/C24H33NO5/c26-23(27)11-7-2-1-6-10-19-20(22-13-12-21(19)30-22)15-17-29-24(28)25-16-14-18-8-4-3-5-9-18/h1,3-6,8-9,19-22H,2,7,10-17H2,(H,25,28)(H,26,27)/t19-,20+,21-,22+/m1/s1. The number of fused-ring (bicyclic) bond motifs is 2. The van der Waals surface area contributed by atoms with Crippen molar-refractivity contribution in [3.63, 3.8) is 0 Å². The quantitative estimate of drug-likeness (QED) is 0.392. The number of carbonyl (C=O) groups is 2. The second-order valence-corrected chi connectivity index (χ2v) is 8.20. The van der Waals surface area contributed by atoms with Gasteiger partial charge in [0, 0.05) is 13.0 Å². The third-order valence-corrected chi connectivity index (χ3v) is 6.14. The van der Waals surface area contributed by atoms with Crippen LogP contribution >= 0.6 is 0 Å². The zero-order valence-corrected chi connectivity index (χ0v) is 17.5. The van der Waals surface area contributed by atoms with Crippen molar-refractivity contribution in [2.24, 2.45) is 11.8 Å². The van der Waals surface area contributed by atoms with Gasteiger partial charge in [-0.05, 0) is 62.3 Å². The second kappa shape index (κ2) is 11.7. The molecule has 3 rings (SSSR count). The van der Waals surface area contributed by atoms with E-state index in [4.69, 9.17) is 14.6 Å². The SMILES string of the molecule is O=C(O)CCCC=CC[C@@H]1[C@H](CCOC(=O)NCCc2ccccc2)[C@@H]2CC[C@H]1O2. The molecule has 1 aromatic carbocycles. The van der Waals surface area contributed by atoms with Gasteiger partial charge >= 0.3 is 12.1 Å². The van der Waals surface area contributed by atoms with Gasteiger partial charge in [-0.15, -0.1) is 0 Å². The number of hydrogen-bond acceptors (Lipinski definition) is 4. The summed E-state index contributed by atoms with van der Waals surface area (Å²) in [5, 5.41) is 11.5. The molecule has 2 N–H and O–H groups in total. The topological polar surface area (TPSA) is 84.9 Å². The molecule has 2 aliphatic heterocycles. The molecule has 1 amide bonds. The first-order valence-corrected chi connectivity index (χ1v) is 11.1. The van der Waals surface area contributed by atoms with Crippen LogP contribution in [0, 0.1) is 11.8 Å². The average Bonchev–Trinajstić information content (AvgIpc) is 3.33. The lowest BCUT2D eigenvalue weighted by Gasteiger charge is -2.27. The maximum atomic E-state index is 12.0. The summed E-state index contributed by atoms with van der Waals surface area (Å²) in [6.45, 7) is 0.975. The first-order chi connectivity index (χ1) is 14.6. The van der Waals surface area contributed by atoms with Gasteiger partial charge in [0.1, 0.15) is 0 Å². The molecule has 0 spiro atoms. The smallest absolute Gasteiger partial charge is 0.407 e. The molecule has 4 atom stereocenters. The molecular formula is C24H33NO5. The normalized spacial score (nSPS) is 24.9. The van der Waals surface area contributed by atoms with Crippen LogP contribution in [0.4, 0.5) is 4.79 Å². The number of nitrogens with one attached hydrogen (secondary N) is 1. The van der Waals surface area contributed by atoms with Crippen molar-refractivity contribution in [2.45, 2.75) is 63.6 Å². The van der Waals surface area contributed by atoms with E-state index in [2.05, 4.69) is 17.5 Å². The maximum Gasteiger partial charge on any atom is 0.407 e. The van der Waals surface area contributed by atoms with E-state index in [-0.39, 0.29) is 18.6 Å². The highest BCUT2D eigenvalue weighted by atomic mass is 16.5. The highest BCUT2D eigenvalue weighted by molar-refractivity contribution is 5.67. The Kier molecular flexibility index (Phi) is 8.75. The molecule has 2 heterocycles. The molecule has 0 aromatic heterocycles. The number of unbranched alkanes of at least 4 members (excludes halogenated alkanes) is 1. The van der Waals surface area contributed by atoms with Crippen LogP contribution in [0.2, 0.25) is 0 Å². The Hall–Kier alpha value is -2.34. The van der Waals surface area contributed by atoms with E-state index in [1.165, 1.54) is 5.56 Å².